The molecule has 5 heteroatoms. The third kappa shape index (κ3) is 6.51. The van der Waals surface area contributed by atoms with Crippen molar-refractivity contribution in [3.05, 3.63) is 35.9 Å². The molecule has 0 saturated heterocycles. The molecule has 0 bridgehead atoms. The van der Waals surface area contributed by atoms with Crippen LogP contribution < -0.4 is 11.1 Å². The zero-order chi connectivity index (χ0) is 13.4. The highest BCUT2D eigenvalue weighted by Gasteiger charge is 2.08. The second-order valence-corrected chi connectivity index (χ2v) is 5.89. The number of carbonyl (C=O) groups excluding carboxylic acids is 1. The minimum absolute atomic E-state index is 0.0290. The van der Waals surface area contributed by atoms with Crippen LogP contribution in [0.3, 0.4) is 0 Å². The average molecular weight is 268 g/mol. The number of carbonyl (C=O) groups is 1. The maximum atomic E-state index is 11.6. The monoisotopic (exact) mass is 268 g/mol. The summed E-state index contributed by atoms with van der Waals surface area (Å²) in [4.78, 5) is 11.5. The first-order chi connectivity index (χ1) is 8.58. The molecule has 1 aromatic rings. The molecule has 2 unspecified atom stereocenters. The summed E-state index contributed by atoms with van der Waals surface area (Å²) in [7, 11) is -1.12. The maximum Gasteiger partial charge on any atom is 0.232 e. The summed E-state index contributed by atoms with van der Waals surface area (Å²) in [6, 6.07) is 9.67. The van der Waals surface area contributed by atoms with Gasteiger partial charge in [-0.1, -0.05) is 30.3 Å². The Balaban J connectivity index is 2.23. The molecule has 100 valence electrons. The lowest BCUT2D eigenvalue weighted by Crippen LogP contribution is -2.29. The zero-order valence-corrected chi connectivity index (χ0v) is 11.4. The minimum atomic E-state index is -1.12. The zero-order valence-electron chi connectivity index (χ0n) is 10.6. The van der Waals surface area contributed by atoms with Gasteiger partial charge in [0, 0.05) is 29.1 Å². The molecule has 0 spiro atoms. The van der Waals surface area contributed by atoms with E-state index in [4.69, 9.17) is 5.73 Å². The fourth-order valence-electron chi connectivity index (χ4n) is 1.38. The molecule has 0 aliphatic carbocycles. The molecule has 1 rings (SSSR count). The third-order valence-corrected chi connectivity index (χ3v) is 3.70. The van der Waals surface area contributed by atoms with E-state index in [1.807, 2.05) is 37.3 Å². The number of nitrogens with two attached hydrogens (primary N) is 1. The molecule has 18 heavy (non-hydrogen) atoms. The highest BCUT2D eigenvalue weighted by Crippen LogP contribution is 1.97. The van der Waals surface area contributed by atoms with Gasteiger partial charge in [-0.3, -0.25) is 9.00 Å². The number of hydrogen-bond acceptors (Lipinski definition) is 3. The Morgan fingerprint density at radius 2 is 2.06 bits per heavy atom. The molecule has 0 aromatic heterocycles. The van der Waals surface area contributed by atoms with Crippen LogP contribution in [-0.4, -0.2) is 27.7 Å². The van der Waals surface area contributed by atoms with Gasteiger partial charge in [-0.2, -0.15) is 0 Å². The van der Waals surface area contributed by atoms with E-state index >= 15 is 0 Å². The van der Waals surface area contributed by atoms with Crippen molar-refractivity contribution >= 4 is 16.7 Å². The largest absolute Gasteiger partial charge is 0.351 e. The molecular formula is C13H20N2O2S. The van der Waals surface area contributed by atoms with E-state index in [1.54, 1.807) is 0 Å². The number of nitrogens with one attached hydrogen (secondary N) is 1. The Kier molecular flexibility index (Phi) is 6.60. The first-order valence-corrected chi connectivity index (χ1v) is 7.48. The van der Waals surface area contributed by atoms with Gasteiger partial charge in [0.2, 0.25) is 5.91 Å². The smallest absolute Gasteiger partial charge is 0.232 e. The topological polar surface area (TPSA) is 72.2 Å². The van der Waals surface area contributed by atoms with E-state index < -0.39 is 10.8 Å². The van der Waals surface area contributed by atoms with Crippen molar-refractivity contribution in [1.29, 1.82) is 0 Å². The second kappa shape index (κ2) is 8.00. The van der Waals surface area contributed by atoms with Crippen molar-refractivity contribution < 1.29 is 9.00 Å². The Labute approximate surface area is 110 Å². The fraction of sp³-hybridized carbons (Fsp3) is 0.462. The van der Waals surface area contributed by atoms with Gasteiger partial charge in [-0.05, 0) is 18.9 Å². The first kappa shape index (κ1) is 14.9. The third-order valence-electron chi connectivity index (χ3n) is 2.43. The summed E-state index contributed by atoms with van der Waals surface area (Å²) < 4.78 is 11.6. The lowest BCUT2D eigenvalue weighted by atomic mass is 10.2. The van der Waals surface area contributed by atoms with E-state index in [0.29, 0.717) is 18.7 Å². The Bertz CT molecular complexity index is 393. The predicted molar refractivity (Wildman–Crippen MR) is 74.4 cm³/mol. The molecule has 0 radical (unpaired) electrons. The quantitative estimate of drug-likeness (QED) is 0.768. The standard InChI is InChI=1S/C13H20N2O2S/c1-11(14)7-8-18(17)10-13(16)15-9-12-5-3-2-4-6-12/h2-6,11H,7-10,14H2,1H3,(H,15,16). The fourth-order valence-corrected chi connectivity index (χ4v) is 2.56. The highest BCUT2D eigenvalue weighted by molar-refractivity contribution is 7.85. The molecular weight excluding hydrogens is 248 g/mol. The van der Waals surface area contributed by atoms with E-state index in [2.05, 4.69) is 5.32 Å². The van der Waals surface area contributed by atoms with Crippen LogP contribution in [0.4, 0.5) is 0 Å². The lowest BCUT2D eigenvalue weighted by molar-refractivity contribution is -0.118. The van der Waals surface area contributed by atoms with E-state index in [9.17, 15) is 9.00 Å². The van der Waals surface area contributed by atoms with Gasteiger partial charge in [0.25, 0.3) is 0 Å². The van der Waals surface area contributed by atoms with Crippen LogP contribution in [0.2, 0.25) is 0 Å². The minimum Gasteiger partial charge on any atom is -0.351 e. The molecule has 1 aromatic carbocycles. The van der Waals surface area contributed by atoms with Crippen molar-refractivity contribution in [2.24, 2.45) is 5.73 Å². The van der Waals surface area contributed by atoms with E-state index in [1.165, 1.54) is 0 Å². The molecule has 0 aliphatic rings. The van der Waals surface area contributed by atoms with Gasteiger partial charge in [0.1, 0.15) is 5.75 Å². The summed E-state index contributed by atoms with van der Waals surface area (Å²) in [6.07, 6.45) is 0.679. The van der Waals surface area contributed by atoms with Crippen molar-refractivity contribution in [3.63, 3.8) is 0 Å². The summed E-state index contributed by atoms with van der Waals surface area (Å²) in [5.74, 6) is 0.359. The summed E-state index contributed by atoms with van der Waals surface area (Å²) in [5.41, 5.74) is 6.61. The van der Waals surface area contributed by atoms with E-state index in [0.717, 1.165) is 5.56 Å². The van der Waals surface area contributed by atoms with Crippen LogP contribution >= 0.6 is 0 Å². The van der Waals surface area contributed by atoms with Crippen LogP contribution in [0.1, 0.15) is 18.9 Å². The van der Waals surface area contributed by atoms with E-state index in [-0.39, 0.29) is 17.7 Å². The van der Waals surface area contributed by atoms with Gasteiger partial charge in [0.15, 0.2) is 0 Å². The molecule has 1 amide bonds. The second-order valence-electron chi connectivity index (χ2n) is 4.32. The number of rotatable bonds is 7. The Hall–Kier alpha value is -1.20. The lowest BCUT2D eigenvalue weighted by Gasteiger charge is -2.06. The van der Waals surface area contributed by atoms with Gasteiger partial charge in [0.05, 0.1) is 0 Å². The van der Waals surface area contributed by atoms with Crippen LogP contribution in [0.15, 0.2) is 30.3 Å². The highest BCUT2D eigenvalue weighted by atomic mass is 32.2. The first-order valence-electron chi connectivity index (χ1n) is 5.99. The number of hydrogen-bond donors (Lipinski definition) is 2. The summed E-state index contributed by atoms with van der Waals surface area (Å²) in [6.45, 7) is 2.34. The van der Waals surface area contributed by atoms with Crippen molar-refractivity contribution in [2.75, 3.05) is 11.5 Å². The predicted octanol–water partition coefficient (Wildman–Crippen LogP) is 0.789. The Morgan fingerprint density at radius 1 is 1.39 bits per heavy atom. The molecule has 4 nitrogen and oxygen atoms in total. The molecule has 0 aliphatic heterocycles. The van der Waals surface area contributed by atoms with Crippen molar-refractivity contribution in [2.45, 2.75) is 25.9 Å². The van der Waals surface area contributed by atoms with Crippen LogP contribution in [-0.2, 0) is 22.1 Å². The summed E-state index contributed by atoms with van der Waals surface area (Å²) in [5, 5.41) is 2.75. The van der Waals surface area contributed by atoms with Crippen molar-refractivity contribution in [3.8, 4) is 0 Å². The van der Waals surface area contributed by atoms with Gasteiger partial charge < -0.3 is 11.1 Å². The average Bonchev–Trinajstić information content (AvgIpc) is 2.35. The van der Waals surface area contributed by atoms with Crippen LogP contribution in [0.25, 0.3) is 0 Å². The molecule has 3 N–H and O–H groups in total. The molecule has 0 fully saturated rings. The van der Waals surface area contributed by atoms with Crippen molar-refractivity contribution in [1.82, 2.24) is 5.32 Å². The molecule has 0 saturated carbocycles. The van der Waals surface area contributed by atoms with Gasteiger partial charge >= 0.3 is 0 Å². The van der Waals surface area contributed by atoms with Gasteiger partial charge in [-0.15, -0.1) is 0 Å². The van der Waals surface area contributed by atoms with Crippen LogP contribution in [0, 0.1) is 0 Å². The molecule has 2 atom stereocenters. The van der Waals surface area contributed by atoms with Crippen LogP contribution in [0.5, 0.6) is 0 Å². The maximum absolute atomic E-state index is 11.6. The normalized spacial score (nSPS) is 13.9. The Morgan fingerprint density at radius 3 is 2.67 bits per heavy atom. The number of benzene rings is 1. The summed E-state index contributed by atoms with van der Waals surface area (Å²) >= 11 is 0. The SMILES string of the molecule is CC(N)CCS(=O)CC(=O)NCc1ccccc1. The molecule has 0 heterocycles. The number of amides is 1. The van der Waals surface area contributed by atoms with Gasteiger partial charge in [-0.25, -0.2) is 0 Å².